The maximum Gasteiger partial charge on any atom is 0.236 e. The molecule has 2 atom stereocenters. The Labute approximate surface area is 118 Å². The van der Waals surface area contributed by atoms with Crippen LogP contribution in [-0.2, 0) is 14.3 Å². The van der Waals surface area contributed by atoms with Crippen LogP contribution in [0, 0.1) is 5.41 Å². The maximum absolute atomic E-state index is 12.9. The van der Waals surface area contributed by atoms with Gasteiger partial charge in [0, 0.05) is 26.3 Å². The highest BCUT2D eigenvalue weighted by molar-refractivity contribution is 6.06. The summed E-state index contributed by atoms with van der Waals surface area (Å²) in [5.41, 5.74) is 4.88. The van der Waals surface area contributed by atoms with Crippen molar-refractivity contribution < 1.29 is 19.5 Å². The molecule has 0 spiro atoms. The summed E-state index contributed by atoms with van der Waals surface area (Å²) < 4.78 is 11.0. The summed E-state index contributed by atoms with van der Waals surface area (Å²) in [5, 5.41) is 12.1. The van der Waals surface area contributed by atoms with Crippen LogP contribution in [-0.4, -0.2) is 60.4 Å². The number of carbonyl (C=O) groups excluding carboxylic acids is 1. The molecule has 0 bridgehead atoms. The minimum absolute atomic E-state index is 0.00752. The van der Waals surface area contributed by atoms with E-state index < -0.39 is 5.41 Å². The van der Waals surface area contributed by atoms with Gasteiger partial charge in [-0.2, -0.15) is 0 Å². The molecule has 2 heterocycles. The molecule has 0 aliphatic carbocycles. The van der Waals surface area contributed by atoms with E-state index >= 15 is 0 Å². The van der Waals surface area contributed by atoms with Gasteiger partial charge in [-0.1, -0.05) is 5.16 Å². The van der Waals surface area contributed by atoms with Gasteiger partial charge < -0.3 is 25.3 Å². The Morgan fingerprint density at radius 2 is 1.85 bits per heavy atom. The minimum Gasteiger partial charge on any atom is -0.409 e. The second-order valence-electron chi connectivity index (χ2n) is 5.65. The number of oxime groups is 1. The number of hydrogen-bond acceptors (Lipinski definition) is 5. The highest BCUT2D eigenvalue weighted by atomic mass is 16.5. The lowest BCUT2D eigenvalue weighted by molar-refractivity contribution is -0.154. The molecule has 7 heteroatoms. The largest absolute Gasteiger partial charge is 0.409 e. The van der Waals surface area contributed by atoms with E-state index in [1.807, 2.05) is 13.8 Å². The molecule has 0 saturated carbocycles. The summed E-state index contributed by atoms with van der Waals surface area (Å²) >= 11 is 0. The van der Waals surface area contributed by atoms with Crippen molar-refractivity contribution in [3.63, 3.8) is 0 Å². The highest BCUT2D eigenvalue weighted by Gasteiger charge is 2.47. The highest BCUT2D eigenvalue weighted by Crippen LogP contribution is 2.34. The van der Waals surface area contributed by atoms with E-state index in [2.05, 4.69) is 5.16 Å². The lowest BCUT2D eigenvalue weighted by Crippen LogP contribution is -2.58. The summed E-state index contributed by atoms with van der Waals surface area (Å²) in [6.07, 6.45) is 0.878. The number of ether oxygens (including phenoxy) is 2. The zero-order valence-electron chi connectivity index (χ0n) is 12.0. The van der Waals surface area contributed by atoms with Crippen molar-refractivity contribution in [2.45, 2.75) is 38.9 Å². The number of carbonyl (C=O) groups is 1. The van der Waals surface area contributed by atoms with E-state index in [9.17, 15) is 4.79 Å². The van der Waals surface area contributed by atoms with Crippen molar-refractivity contribution in [2.24, 2.45) is 16.3 Å². The Bertz CT molecular complexity index is 383. The van der Waals surface area contributed by atoms with Crippen molar-refractivity contribution in [3.8, 4) is 0 Å². The Balaban J connectivity index is 2.22. The molecule has 7 nitrogen and oxygen atoms in total. The Morgan fingerprint density at radius 1 is 1.30 bits per heavy atom. The van der Waals surface area contributed by atoms with Crippen LogP contribution in [0.15, 0.2) is 5.16 Å². The van der Waals surface area contributed by atoms with Gasteiger partial charge in [-0.3, -0.25) is 4.79 Å². The third-order valence-electron chi connectivity index (χ3n) is 4.06. The first kappa shape index (κ1) is 15.1. The van der Waals surface area contributed by atoms with Crippen LogP contribution >= 0.6 is 0 Å². The van der Waals surface area contributed by atoms with Gasteiger partial charge in [-0.05, 0) is 26.7 Å². The number of hydrogen-bond donors (Lipinski definition) is 2. The molecule has 1 amide bonds. The van der Waals surface area contributed by atoms with E-state index in [1.54, 1.807) is 4.90 Å². The normalized spacial score (nSPS) is 31.1. The molecule has 2 aliphatic heterocycles. The van der Waals surface area contributed by atoms with Crippen molar-refractivity contribution in [1.82, 2.24) is 4.90 Å². The predicted molar refractivity (Wildman–Crippen MR) is 72.5 cm³/mol. The van der Waals surface area contributed by atoms with Crippen LogP contribution in [0.5, 0.6) is 0 Å². The van der Waals surface area contributed by atoms with Crippen LogP contribution in [0.25, 0.3) is 0 Å². The zero-order valence-corrected chi connectivity index (χ0v) is 12.0. The van der Waals surface area contributed by atoms with Crippen LogP contribution < -0.4 is 5.73 Å². The SMILES string of the molecule is CC1CN(C(=O)C2(C(N)=NO)CCOCC2)CC(C)O1. The van der Waals surface area contributed by atoms with Crippen LogP contribution in [0.3, 0.4) is 0 Å². The first-order chi connectivity index (χ1) is 9.49. The summed E-state index contributed by atoms with van der Waals surface area (Å²) in [6, 6.07) is 0. The number of nitrogens with zero attached hydrogens (tertiary/aromatic N) is 2. The lowest BCUT2D eigenvalue weighted by Gasteiger charge is -2.42. The zero-order chi connectivity index (χ0) is 14.8. The molecule has 20 heavy (non-hydrogen) atoms. The minimum atomic E-state index is -0.941. The molecule has 2 saturated heterocycles. The van der Waals surface area contributed by atoms with Gasteiger partial charge in [0.05, 0.1) is 12.2 Å². The first-order valence-electron chi connectivity index (χ1n) is 7.00. The Kier molecular flexibility index (Phi) is 4.49. The van der Waals surface area contributed by atoms with Gasteiger partial charge in [-0.25, -0.2) is 0 Å². The third kappa shape index (κ3) is 2.73. The van der Waals surface area contributed by atoms with Crippen LogP contribution in [0.1, 0.15) is 26.7 Å². The van der Waals surface area contributed by atoms with Gasteiger partial charge in [0.15, 0.2) is 5.84 Å². The number of amides is 1. The van der Waals surface area contributed by atoms with E-state index in [1.165, 1.54) is 0 Å². The maximum atomic E-state index is 12.9. The Morgan fingerprint density at radius 3 is 2.35 bits per heavy atom. The standard InChI is InChI=1S/C13H23N3O4/c1-9-7-16(8-10(2)20-9)12(17)13(11(14)15-18)3-5-19-6-4-13/h9-10,18H,3-8H2,1-2H3,(H2,14,15). The average molecular weight is 285 g/mol. The molecule has 0 aromatic heterocycles. The number of morpholine rings is 1. The van der Waals surface area contributed by atoms with Gasteiger partial charge in [0.2, 0.25) is 5.91 Å². The van der Waals surface area contributed by atoms with E-state index in [-0.39, 0.29) is 24.0 Å². The molecule has 0 aromatic carbocycles. The first-order valence-corrected chi connectivity index (χ1v) is 7.00. The van der Waals surface area contributed by atoms with Crippen molar-refractivity contribution in [3.05, 3.63) is 0 Å². The fourth-order valence-electron chi connectivity index (χ4n) is 3.04. The molecule has 2 fully saturated rings. The molecule has 2 aliphatic rings. The van der Waals surface area contributed by atoms with E-state index in [4.69, 9.17) is 20.4 Å². The number of amidine groups is 1. The van der Waals surface area contributed by atoms with Crippen LogP contribution in [0.2, 0.25) is 0 Å². The Hall–Kier alpha value is -1.34. The van der Waals surface area contributed by atoms with E-state index in [0.29, 0.717) is 39.1 Å². The summed E-state index contributed by atoms with van der Waals surface area (Å²) in [4.78, 5) is 14.7. The smallest absolute Gasteiger partial charge is 0.236 e. The van der Waals surface area contributed by atoms with Crippen molar-refractivity contribution >= 4 is 11.7 Å². The van der Waals surface area contributed by atoms with Gasteiger partial charge in [0.1, 0.15) is 5.41 Å². The number of nitrogens with two attached hydrogens (primary N) is 1. The fraction of sp³-hybridized carbons (Fsp3) is 0.846. The molecule has 2 rings (SSSR count). The fourth-order valence-corrected chi connectivity index (χ4v) is 3.04. The molecular weight excluding hydrogens is 262 g/mol. The second-order valence-corrected chi connectivity index (χ2v) is 5.65. The van der Waals surface area contributed by atoms with Gasteiger partial charge in [0.25, 0.3) is 0 Å². The van der Waals surface area contributed by atoms with Crippen molar-refractivity contribution in [2.75, 3.05) is 26.3 Å². The molecule has 2 unspecified atom stereocenters. The monoisotopic (exact) mass is 285 g/mol. The summed E-state index contributed by atoms with van der Waals surface area (Å²) in [5.74, 6) is -0.101. The second kappa shape index (κ2) is 5.97. The lowest BCUT2D eigenvalue weighted by atomic mass is 9.77. The van der Waals surface area contributed by atoms with Gasteiger partial charge >= 0.3 is 0 Å². The van der Waals surface area contributed by atoms with Crippen molar-refractivity contribution in [1.29, 1.82) is 0 Å². The van der Waals surface area contributed by atoms with E-state index in [0.717, 1.165) is 0 Å². The third-order valence-corrected chi connectivity index (χ3v) is 4.06. The van der Waals surface area contributed by atoms with Crippen LogP contribution in [0.4, 0.5) is 0 Å². The topological polar surface area (TPSA) is 97.4 Å². The molecular formula is C13H23N3O4. The average Bonchev–Trinajstić information content (AvgIpc) is 2.45. The summed E-state index contributed by atoms with van der Waals surface area (Å²) in [6.45, 7) is 5.83. The number of rotatable bonds is 2. The summed E-state index contributed by atoms with van der Waals surface area (Å²) in [7, 11) is 0. The predicted octanol–water partition coefficient (Wildman–Crippen LogP) is 0.165. The van der Waals surface area contributed by atoms with Gasteiger partial charge in [-0.15, -0.1) is 0 Å². The quantitative estimate of drug-likeness (QED) is 0.326. The molecule has 114 valence electrons. The molecule has 3 N–H and O–H groups in total. The molecule has 0 aromatic rings. The molecule has 0 radical (unpaired) electrons.